The third-order valence-electron chi connectivity index (χ3n) is 2.99. The van der Waals surface area contributed by atoms with E-state index in [2.05, 4.69) is 10.1 Å². The number of benzene rings is 1. The minimum absolute atomic E-state index is 0.850. The summed E-state index contributed by atoms with van der Waals surface area (Å²) in [6.45, 7) is 2.20. The number of aromatic nitrogens is 1. The highest BCUT2D eigenvalue weighted by atomic mass is 16.5. The molecule has 2 aromatic rings. The smallest absolute Gasteiger partial charge is 0.172 e. The predicted molar refractivity (Wildman–Crippen MR) is 63.4 cm³/mol. The highest BCUT2D eigenvalue weighted by Crippen LogP contribution is 2.25. The van der Waals surface area contributed by atoms with E-state index < -0.39 is 0 Å². The molecule has 3 nitrogen and oxygen atoms in total. The minimum Gasteiger partial charge on any atom is -0.354 e. The van der Waals surface area contributed by atoms with Crippen LogP contribution in [0.5, 0.6) is 0 Å². The highest BCUT2D eigenvalue weighted by molar-refractivity contribution is 5.61. The van der Waals surface area contributed by atoms with Gasteiger partial charge in [0.25, 0.3) is 0 Å². The Morgan fingerprint density at radius 3 is 2.56 bits per heavy atom. The zero-order chi connectivity index (χ0) is 10.8. The second-order valence-electron chi connectivity index (χ2n) is 4.11. The van der Waals surface area contributed by atoms with Gasteiger partial charge in [0, 0.05) is 24.7 Å². The van der Waals surface area contributed by atoms with Crippen LogP contribution in [0, 0.1) is 0 Å². The minimum atomic E-state index is 0.850. The lowest BCUT2D eigenvalue weighted by atomic mass is 10.2. The van der Waals surface area contributed by atoms with Crippen LogP contribution in [0.15, 0.2) is 40.9 Å². The van der Waals surface area contributed by atoms with Crippen molar-refractivity contribution in [3.8, 4) is 11.3 Å². The largest absolute Gasteiger partial charge is 0.354 e. The van der Waals surface area contributed by atoms with Crippen LogP contribution in [0.3, 0.4) is 0 Å². The fourth-order valence-corrected chi connectivity index (χ4v) is 2.10. The van der Waals surface area contributed by atoms with Crippen LogP contribution >= 0.6 is 0 Å². The third kappa shape index (κ3) is 1.69. The molecule has 2 heterocycles. The molecule has 0 N–H and O–H groups in total. The molecule has 0 saturated carbocycles. The fraction of sp³-hybridized carbons (Fsp3) is 0.308. The van der Waals surface area contributed by atoms with Crippen molar-refractivity contribution in [1.82, 2.24) is 5.16 Å². The normalized spacial score (nSPS) is 15.6. The molecule has 0 bridgehead atoms. The maximum Gasteiger partial charge on any atom is 0.172 e. The van der Waals surface area contributed by atoms with Gasteiger partial charge in [-0.2, -0.15) is 0 Å². The van der Waals surface area contributed by atoms with E-state index >= 15 is 0 Å². The maximum atomic E-state index is 5.37. The van der Waals surface area contributed by atoms with Gasteiger partial charge in [0.1, 0.15) is 0 Å². The summed E-state index contributed by atoms with van der Waals surface area (Å²) in [5.74, 6) is 1.82. The molecule has 1 saturated heterocycles. The number of hydrogen-bond donors (Lipinski definition) is 0. The van der Waals surface area contributed by atoms with Crippen molar-refractivity contribution >= 4 is 5.82 Å². The van der Waals surface area contributed by atoms with E-state index in [4.69, 9.17) is 4.52 Å². The van der Waals surface area contributed by atoms with E-state index in [9.17, 15) is 0 Å². The molecule has 3 heteroatoms. The molecular formula is C13H14N2O. The summed E-state index contributed by atoms with van der Waals surface area (Å²) >= 11 is 0. The standard InChI is InChI=1S/C13H14N2O/c1-2-6-11(7-3-1)12-10-13(14-16-12)15-8-4-5-9-15/h1-3,6-7,10H,4-5,8-9H2. The number of rotatable bonds is 2. The van der Waals surface area contributed by atoms with Crippen molar-refractivity contribution in [2.75, 3.05) is 18.0 Å². The maximum absolute atomic E-state index is 5.37. The van der Waals surface area contributed by atoms with Crippen molar-refractivity contribution < 1.29 is 4.52 Å². The van der Waals surface area contributed by atoms with Crippen LogP contribution in [0.1, 0.15) is 12.8 Å². The SMILES string of the molecule is c1ccc(-c2cc(N3CCCC3)no2)cc1. The van der Waals surface area contributed by atoms with E-state index in [1.54, 1.807) is 0 Å². The van der Waals surface area contributed by atoms with Crippen LogP contribution in [-0.4, -0.2) is 18.2 Å². The Hall–Kier alpha value is -1.77. The second-order valence-corrected chi connectivity index (χ2v) is 4.11. The Labute approximate surface area is 94.7 Å². The summed E-state index contributed by atoms with van der Waals surface area (Å²) < 4.78 is 5.37. The highest BCUT2D eigenvalue weighted by Gasteiger charge is 2.16. The molecule has 1 aromatic heterocycles. The fourth-order valence-electron chi connectivity index (χ4n) is 2.10. The van der Waals surface area contributed by atoms with E-state index in [1.165, 1.54) is 12.8 Å². The first kappa shape index (κ1) is 9.46. The van der Waals surface area contributed by atoms with Crippen molar-refractivity contribution in [1.29, 1.82) is 0 Å². The summed E-state index contributed by atoms with van der Waals surface area (Å²) in [6.07, 6.45) is 2.51. The Morgan fingerprint density at radius 1 is 1.06 bits per heavy atom. The number of hydrogen-bond acceptors (Lipinski definition) is 3. The molecule has 3 rings (SSSR count). The number of nitrogens with zero attached hydrogens (tertiary/aromatic N) is 2. The van der Waals surface area contributed by atoms with Gasteiger partial charge < -0.3 is 9.42 Å². The van der Waals surface area contributed by atoms with E-state index in [-0.39, 0.29) is 0 Å². The van der Waals surface area contributed by atoms with Gasteiger partial charge in [-0.25, -0.2) is 0 Å². The molecule has 0 radical (unpaired) electrons. The molecule has 1 aliphatic rings. The zero-order valence-electron chi connectivity index (χ0n) is 9.10. The van der Waals surface area contributed by atoms with Crippen molar-refractivity contribution in [3.63, 3.8) is 0 Å². The van der Waals surface area contributed by atoms with Crippen LogP contribution in [0.2, 0.25) is 0 Å². The summed E-state index contributed by atoms with van der Waals surface area (Å²) in [6, 6.07) is 12.1. The molecule has 82 valence electrons. The van der Waals surface area contributed by atoms with E-state index in [1.807, 2.05) is 36.4 Å². The molecule has 1 fully saturated rings. The molecule has 16 heavy (non-hydrogen) atoms. The lowest BCUT2D eigenvalue weighted by Gasteiger charge is -2.11. The Bertz CT molecular complexity index is 458. The molecule has 1 aliphatic heterocycles. The molecule has 1 aromatic carbocycles. The van der Waals surface area contributed by atoms with Crippen LogP contribution in [0.4, 0.5) is 5.82 Å². The lowest BCUT2D eigenvalue weighted by Crippen LogP contribution is -2.17. The topological polar surface area (TPSA) is 29.3 Å². The Balaban J connectivity index is 1.87. The Morgan fingerprint density at radius 2 is 1.81 bits per heavy atom. The van der Waals surface area contributed by atoms with E-state index in [0.29, 0.717) is 0 Å². The van der Waals surface area contributed by atoms with Gasteiger partial charge >= 0.3 is 0 Å². The first-order valence-electron chi connectivity index (χ1n) is 5.70. The molecule has 0 unspecified atom stereocenters. The van der Waals surface area contributed by atoms with Crippen molar-refractivity contribution in [3.05, 3.63) is 36.4 Å². The van der Waals surface area contributed by atoms with Gasteiger partial charge in [0.2, 0.25) is 0 Å². The van der Waals surface area contributed by atoms with E-state index in [0.717, 1.165) is 30.2 Å². The molecular weight excluding hydrogens is 200 g/mol. The molecule has 0 amide bonds. The summed E-state index contributed by atoms with van der Waals surface area (Å²) in [4.78, 5) is 2.27. The first-order valence-corrected chi connectivity index (χ1v) is 5.70. The average molecular weight is 214 g/mol. The van der Waals surface area contributed by atoms with Gasteiger partial charge in [-0.3, -0.25) is 0 Å². The van der Waals surface area contributed by atoms with Gasteiger partial charge in [-0.15, -0.1) is 0 Å². The molecule has 0 aliphatic carbocycles. The predicted octanol–water partition coefficient (Wildman–Crippen LogP) is 2.94. The third-order valence-corrected chi connectivity index (χ3v) is 2.99. The van der Waals surface area contributed by atoms with Crippen molar-refractivity contribution in [2.24, 2.45) is 0 Å². The first-order chi connectivity index (χ1) is 7.93. The summed E-state index contributed by atoms with van der Waals surface area (Å²) in [7, 11) is 0. The monoisotopic (exact) mass is 214 g/mol. The zero-order valence-corrected chi connectivity index (χ0v) is 9.10. The Kier molecular flexibility index (Phi) is 2.37. The number of anilines is 1. The lowest BCUT2D eigenvalue weighted by molar-refractivity contribution is 0.432. The van der Waals surface area contributed by atoms with Crippen LogP contribution in [0.25, 0.3) is 11.3 Å². The van der Waals surface area contributed by atoms with Gasteiger partial charge in [-0.1, -0.05) is 35.5 Å². The quantitative estimate of drug-likeness (QED) is 0.769. The second kappa shape index (κ2) is 4.00. The molecule has 0 atom stereocenters. The summed E-state index contributed by atoms with van der Waals surface area (Å²) in [5.41, 5.74) is 1.08. The summed E-state index contributed by atoms with van der Waals surface area (Å²) in [5, 5.41) is 4.13. The van der Waals surface area contributed by atoms with Crippen LogP contribution < -0.4 is 4.90 Å². The van der Waals surface area contributed by atoms with Gasteiger partial charge in [0.05, 0.1) is 0 Å². The van der Waals surface area contributed by atoms with Gasteiger partial charge in [0.15, 0.2) is 11.6 Å². The van der Waals surface area contributed by atoms with Crippen LogP contribution in [-0.2, 0) is 0 Å². The van der Waals surface area contributed by atoms with Gasteiger partial charge in [-0.05, 0) is 12.8 Å². The average Bonchev–Trinajstić information content (AvgIpc) is 3.01. The molecule has 0 spiro atoms. The van der Waals surface area contributed by atoms with Crippen molar-refractivity contribution in [2.45, 2.75) is 12.8 Å².